The van der Waals surface area contributed by atoms with Crippen molar-refractivity contribution in [3.63, 3.8) is 0 Å². The van der Waals surface area contributed by atoms with E-state index >= 15 is 0 Å². The van der Waals surface area contributed by atoms with Gasteiger partial charge in [-0.25, -0.2) is 0 Å². The van der Waals surface area contributed by atoms with Gasteiger partial charge in [-0.15, -0.1) is 0 Å². The molecule has 5 heteroatoms. The summed E-state index contributed by atoms with van der Waals surface area (Å²) in [4.78, 5) is 4.18. The van der Waals surface area contributed by atoms with Crippen molar-refractivity contribution in [3.8, 4) is 0 Å². The molecule has 0 atom stereocenters. The highest BCUT2D eigenvalue weighted by atomic mass is 16.5. The molecule has 0 fully saturated rings. The molecule has 1 heterocycles. The first kappa shape index (κ1) is 10.3. The lowest BCUT2D eigenvalue weighted by Gasteiger charge is -2.06. The predicted molar refractivity (Wildman–Crippen MR) is 50.8 cm³/mol. The van der Waals surface area contributed by atoms with Crippen molar-refractivity contribution in [2.75, 3.05) is 39.5 Å². The standard InChI is InChI=1S/C8H17N3O2/c12-5-7-13-6-1-2-9-8-10-3-4-11-8/h12H,1-7H2,(H2,9,10,11). The first-order valence-electron chi connectivity index (χ1n) is 4.64. The first-order valence-corrected chi connectivity index (χ1v) is 4.64. The van der Waals surface area contributed by atoms with Crippen LogP contribution in [0.5, 0.6) is 0 Å². The van der Waals surface area contributed by atoms with Gasteiger partial charge in [0.2, 0.25) is 0 Å². The summed E-state index contributed by atoms with van der Waals surface area (Å²) < 4.78 is 5.10. The fourth-order valence-electron chi connectivity index (χ4n) is 1.06. The number of hydrogen-bond donors (Lipinski definition) is 3. The van der Waals surface area contributed by atoms with Gasteiger partial charge in [0.05, 0.1) is 19.8 Å². The largest absolute Gasteiger partial charge is 0.394 e. The molecule has 13 heavy (non-hydrogen) atoms. The van der Waals surface area contributed by atoms with Gasteiger partial charge >= 0.3 is 0 Å². The van der Waals surface area contributed by atoms with Crippen LogP contribution in [0.1, 0.15) is 6.42 Å². The Kier molecular flexibility index (Phi) is 5.28. The summed E-state index contributed by atoms with van der Waals surface area (Å²) in [6, 6.07) is 0. The molecule has 0 aromatic rings. The fourth-order valence-corrected chi connectivity index (χ4v) is 1.06. The van der Waals surface area contributed by atoms with Gasteiger partial charge in [0.15, 0.2) is 5.96 Å². The van der Waals surface area contributed by atoms with Gasteiger partial charge in [0, 0.05) is 19.7 Å². The van der Waals surface area contributed by atoms with Crippen LogP contribution in [-0.4, -0.2) is 50.5 Å². The summed E-state index contributed by atoms with van der Waals surface area (Å²) in [5.41, 5.74) is 0. The third-order valence-electron chi connectivity index (χ3n) is 1.67. The lowest BCUT2D eigenvalue weighted by Crippen LogP contribution is -2.34. The number of nitrogens with zero attached hydrogens (tertiary/aromatic N) is 1. The summed E-state index contributed by atoms with van der Waals surface area (Å²) in [5.74, 6) is 0.891. The second-order valence-electron chi connectivity index (χ2n) is 2.77. The van der Waals surface area contributed by atoms with Crippen LogP contribution in [0.25, 0.3) is 0 Å². The van der Waals surface area contributed by atoms with E-state index in [1.807, 2.05) is 0 Å². The summed E-state index contributed by atoms with van der Waals surface area (Å²) in [7, 11) is 0. The molecule has 0 radical (unpaired) electrons. The quantitative estimate of drug-likeness (QED) is 0.463. The molecule has 1 aliphatic rings. The topological polar surface area (TPSA) is 65.9 Å². The molecular weight excluding hydrogens is 170 g/mol. The van der Waals surface area contributed by atoms with Gasteiger partial charge in [-0.05, 0) is 6.42 Å². The Hall–Kier alpha value is -0.810. The lowest BCUT2D eigenvalue weighted by molar-refractivity contribution is 0.0912. The maximum Gasteiger partial charge on any atom is 0.191 e. The van der Waals surface area contributed by atoms with E-state index in [4.69, 9.17) is 9.84 Å². The zero-order valence-electron chi connectivity index (χ0n) is 7.75. The number of nitrogens with one attached hydrogen (secondary N) is 2. The molecule has 0 saturated heterocycles. The second kappa shape index (κ2) is 6.68. The normalized spacial score (nSPS) is 15.3. The van der Waals surface area contributed by atoms with Crippen LogP contribution in [0.3, 0.4) is 0 Å². The molecule has 0 saturated carbocycles. The fraction of sp³-hybridized carbons (Fsp3) is 0.875. The van der Waals surface area contributed by atoms with Crippen LogP contribution >= 0.6 is 0 Å². The molecule has 5 nitrogen and oxygen atoms in total. The van der Waals surface area contributed by atoms with Crippen molar-refractivity contribution >= 4 is 5.96 Å². The van der Waals surface area contributed by atoms with E-state index in [2.05, 4.69) is 15.6 Å². The van der Waals surface area contributed by atoms with E-state index in [0.29, 0.717) is 13.2 Å². The van der Waals surface area contributed by atoms with Crippen LogP contribution in [0.15, 0.2) is 4.99 Å². The van der Waals surface area contributed by atoms with E-state index in [1.165, 1.54) is 0 Å². The average Bonchev–Trinajstić information content (AvgIpc) is 2.63. The van der Waals surface area contributed by atoms with E-state index in [-0.39, 0.29) is 6.61 Å². The summed E-state index contributed by atoms with van der Waals surface area (Å²) in [6.45, 7) is 3.87. The summed E-state index contributed by atoms with van der Waals surface area (Å²) >= 11 is 0. The third kappa shape index (κ3) is 4.69. The number of aliphatic hydroxyl groups excluding tert-OH is 1. The smallest absolute Gasteiger partial charge is 0.191 e. The Labute approximate surface area is 78.2 Å². The average molecular weight is 187 g/mol. The Morgan fingerprint density at radius 3 is 3.15 bits per heavy atom. The van der Waals surface area contributed by atoms with Crippen molar-refractivity contribution in [1.82, 2.24) is 10.6 Å². The number of aliphatic imine (C=N–C) groups is 1. The Morgan fingerprint density at radius 1 is 1.54 bits per heavy atom. The molecule has 1 rings (SSSR count). The number of aliphatic hydroxyl groups is 1. The Balaban J connectivity index is 1.83. The van der Waals surface area contributed by atoms with Crippen LogP contribution in [0.4, 0.5) is 0 Å². The van der Waals surface area contributed by atoms with Gasteiger partial charge < -0.3 is 20.5 Å². The SMILES string of the molecule is OCCOCCCNC1=NCCN1. The summed E-state index contributed by atoms with van der Waals surface area (Å²) in [6.07, 6.45) is 0.931. The minimum atomic E-state index is 0.0989. The maximum absolute atomic E-state index is 8.43. The van der Waals surface area contributed by atoms with E-state index in [0.717, 1.165) is 32.0 Å². The zero-order chi connectivity index (χ0) is 9.36. The van der Waals surface area contributed by atoms with Crippen LogP contribution in [0.2, 0.25) is 0 Å². The van der Waals surface area contributed by atoms with Crippen molar-refractivity contribution < 1.29 is 9.84 Å². The van der Waals surface area contributed by atoms with Crippen molar-refractivity contribution in [2.45, 2.75) is 6.42 Å². The molecule has 0 bridgehead atoms. The van der Waals surface area contributed by atoms with Gasteiger partial charge in [-0.2, -0.15) is 0 Å². The van der Waals surface area contributed by atoms with Crippen LogP contribution in [0, 0.1) is 0 Å². The highest BCUT2D eigenvalue weighted by Crippen LogP contribution is 1.83. The van der Waals surface area contributed by atoms with Crippen LogP contribution < -0.4 is 10.6 Å². The van der Waals surface area contributed by atoms with E-state index in [9.17, 15) is 0 Å². The predicted octanol–water partition coefficient (Wildman–Crippen LogP) is -1.07. The number of hydrogen-bond acceptors (Lipinski definition) is 5. The zero-order valence-corrected chi connectivity index (χ0v) is 7.75. The molecular formula is C8H17N3O2. The van der Waals surface area contributed by atoms with Gasteiger partial charge in [0.25, 0.3) is 0 Å². The Morgan fingerprint density at radius 2 is 2.46 bits per heavy atom. The molecule has 0 amide bonds. The molecule has 0 aromatic carbocycles. The van der Waals surface area contributed by atoms with Gasteiger partial charge in [-0.3, -0.25) is 4.99 Å². The Bertz CT molecular complexity index is 161. The van der Waals surface area contributed by atoms with Gasteiger partial charge in [0.1, 0.15) is 0 Å². The monoisotopic (exact) mass is 187 g/mol. The number of ether oxygens (including phenoxy) is 1. The molecule has 0 unspecified atom stereocenters. The number of rotatable bonds is 6. The highest BCUT2D eigenvalue weighted by molar-refractivity contribution is 5.81. The van der Waals surface area contributed by atoms with Gasteiger partial charge in [-0.1, -0.05) is 0 Å². The molecule has 1 aliphatic heterocycles. The van der Waals surface area contributed by atoms with Crippen LogP contribution in [-0.2, 0) is 4.74 Å². The van der Waals surface area contributed by atoms with Crippen molar-refractivity contribution in [1.29, 1.82) is 0 Å². The molecule has 0 aliphatic carbocycles. The molecule has 76 valence electrons. The van der Waals surface area contributed by atoms with E-state index in [1.54, 1.807) is 0 Å². The highest BCUT2D eigenvalue weighted by Gasteiger charge is 2.01. The third-order valence-corrected chi connectivity index (χ3v) is 1.67. The van der Waals surface area contributed by atoms with Crippen molar-refractivity contribution in [3.05, 3.63) is 0 Å². The molecule has 0 aromatic heterocycles. The second-order valence-corrected chi connectivity index (χ2v) is 2.77. The minimum absolute atomic E-state index is 0.0989. The minimum Gasteiger partial charge on any atom is -0.394 e. The van der Waals surface area contributed by atoms with Crippen molar-refractivity contribution in [2.24, 2.45) is 4.99 Å². The van der Waals surface area contributed by atoms with E-state index < -0.39 is 0 Å². The first-order chi connectivity index (χ1) is 6.43. The number of guanidine groups is 1. The molecule has 3 N–H and O–H groups in total. The summed E-state index contributed by atoms with van der Waals surface area (Å²) in [5, 5.41) is 14.7. The molecule has 0 spiro atoms. The lowest BCUT2D eigenvalue weighted by atomic mass is 10.4. The maximum atomic E-state index is 8.43.